The first kappa shape index (κ1) is 10.7. The molecule has 0 amide bonds. The lowest BCUT2D eigenvalue weighted by molar-refractivity contribution is -0.142. The molecule has 0 saturated heterocycles. The molecule has 0 spiro atoms. The second kappa shape index (κ2) is 4.24. The zero-order chi connectivity index (χ0) is 10.7. The first-order chi connectivity index (χ1) is 6.56. The van der Waals surface area contributed by atoms with Crippen LogP contribution in [0.3, 0.4) is 0 Å². The molecule has 0 heterocycles. The fourth-order valence-electron chi connectivity index (χ4n) is 1.35. The molecule has 3 nitrogen and oxygen atoms in total. The lowest BCUT2D eigenvalue weighted by atomic mass is 10.00. The molecule has 0 aromatic heterocycles. The lowest BCUT2D eigenvalue weighted by Crippen LogP contribution is -2.23. The van der Waals surface area contributed by atoms with Crippen LogP contribution >= 0.6 is 0 Å². The molecular weight excluding hydrogens is 178 g/mol. The number of benzene rings is 1. The minimum absolute atomic E-state index is 0.404. The van der Waals surface area contributed by atoms with E-state index in [1.807, 2.05) is 32.0 Å². The molecule has 14 heavy (non-hydrogen) atoms. The summed E-state index contributed by atoms with van der Waals surface area (Å²) in [6, 6.07) is 5.17. The van der Waals surface area contributed by atoms with Crippen molar-refractivity contribution in [3.05, 3.63) is 34.9 Å². The van der Waals surface area contributed by atoms with Gasteiger partial charge >= 0.3 is 5.97 Å². The standard InChI is InChI=1S/C11H15NO2/c1-7-4-5-8(2)9(6-7)10(12)11(13)14-3/h4-6,10H,12H2,1-3H3/t10-/m1/s1. The molecular formula is C11H15NO2. The Bertz CT molecular complexity index is 347. The third-order valence-electron chi connectivity index (χ3n) is 2.22. The van der Waals surface area contributed by atoms with Crippen molar-refractivity contribution in [2.75, 3.05) is 7.11 Å². The van der Waals surface area contributed by atoms with Crippen LogP contribution in [0.2, 0.25) is 0 Å². The topological polar surface area (TPSA) is 52.3 Å². The van der Waals surface area contributed by atoms with E-state index in [2.05, 4.69) is 4.74 Å². The van der Waals surface area contributed by atoms with Gasteiger partial charge in [-0.3, -0.25) is 4.79 Å². The molecule has 76 valence electrons. The van der Waals surface area contributed by atoms with E-state index in [9.17, 15) is 4.79 Å². The molecule has 0 bridgehead atoms. The molecule has 0 radical (unpaired) electrons. The van der Waals surface area contributed by atoms with Crippen LogP contribution in [0, 0.1) is 13.8 Å². The molecule has 0 saturated carbocycles. The molecule has 0 fully saturated rings. The Labute approximate surface area is 83.9 Å². The average Bonchev–Trinajstić information content (AvgIpc) is 2.19. The zero-order valence-electron chi connectivity index (χ0n) is 8.70. The van der Waals surface area contributed by atoms with E-state index in [4.69, 9.17) is 5.73 Å². The number of carbonyl (C=O) groups is 1. The Morgan fingerprint density at radius 3 is 2.64 bits per heavy atom. The summed E-state index contributed by atoms with van der Waals surface area (Å²) in [7, 11) is 1.34. The predicted octanol–water partition coefficient (Wildman–Crippen LogP) is 1.48. The summed E-state index contributed by atoms with van der Waals surface area (Å²) in [4.78, 5) is 11.2. The Morgan fingerprint density at radius 1 is 1.43 bits per heavy atom. The maximum Gasteiger partial charge on any atom is 0.327 e. The van der Waals surface area contributed by atoms with Gasteiger partial charge in [0.05, 0.1) is 7.11 Å². The lowest BCUT2D eigenvalue weighted by Gasteiger charge is -2.12. The summed E-state index contributed by atoms with van der Waals surface area (Å²) in [6.07, 6.45) is 0. The highest BCUT2D eigenvalue weighted by molar-refractivity contribution is 5.77. The molecule has 3 heteroatoms. The Balaban J connectivity index is 3.05. The van der Waals surface area contributed by atoms with Gasteiger partial charge in [0.15, 0.2) is 0 Å². The van der Waals surface area contributed by atoms with Gasteiger partial charge in [-0.25, -0.2) is 0 Å². The van der Waals surface area contributed by atoms with Crippen LogP contribution in [0.5, 0.6) is 0 Å². The van der Waals surface area contributed by atoms with Crippen molar-refractivity contribution in [2.45, 2.75) is 19.9 Å². The maximum absolute atomic E-state index is 11.2. The van der Waals surface area contributed by atoms with Gasteiger partial charge in [-0.1, -0.05) is 23.8 Å². The van der Waals surface area contributed by atoms with Gasteiger partial charge in [0, 0.05) is 0 Å². The van der Waals surface area contributed by atoms with Crippen molar-refractivity contribution in [1.29, 1.82) is 0 Å². The molecule has 1 rings (SSSR count). The van der Waals surface area contributed by atoms with Gasteiger partial charge in [0.25, 0.3) is 0 Å². The van der Waals surface area contributed by atoms with Crippen molar-refractivity contribution in [1.82, 2.24) is 0 Å². The fraction of sp³-hybridized carbons (Fsp3) is 0.364. The summed E-state index contributed by atoms with van der Waals surface area (Å²) >= 11 is 0. The number of nitrogens with two attached hydrogens (primary N) is 1. The molecule has 0 unspecified atom stereocenters. The number of esters is 1. The number of hydrogen-bond donors (Lipinski definition) is 1. The normalized spacial score (nSPS) is 12.3. The zero-order valence-corrected chi connectivity index (χ0v) is 8.70. The quantitative estimate of drug-likeness (QED) is 0.724. The van der Waals surface area contributed by atoms with Crippen molar-refractivity contribution < 1.29 is 9.53 Å². The first-order valence-electron chi connectivity index (χ1n) is 4.47. The number of rotatable bonds is 2. The van der Waals surface area contributed by atoms with Crippen LogP contribution in [-0.2, 0) is 9.53 Å². The van der Waals surface area contributed by atoms with Crippen LogP contribution < -0.4 is 5.73 Å². The largest absolute Gasteiger partial charge is 0.468 e. The molecule has 1 aromatic rings. The Hall–Kier alpha value is -1.35. The highest BCUT2D eigenvalue weighted by atomic mass is 16.5. The van der Waals surface area contributed by atoms with E-state index in [0.29, 0.717) is 0 Å². The highest BCUT2D eigenvalue weighted by Gasteiger charge is 2.17. The van der Waals surface area contributed by atoms with E-state index >= 15 is 0 Å². The minimum atomic E-state index is -0.681. The minimum Gasteiger partial charge on any atom is -0.468 e. The summed E-state index contributed by atoms with van der Waals surface area (Å²) in [6.45, 7) is 3.89. The summed E-state index contributed by atoms with van der Waals surface area (Å²) in [5.41, 5.74) is 8.67. The third kappa shape index (κ3) is 2.12. The molecule has 0 aliphatic carbocycles. The summed E-state index contributed by atoms with van der Waals surface area (Å²) in [5, 5.41) is 0. The monoisotopic (exact) mass is 193 g/mol. The molecule has 0 aliphatic heterocycles. The third-order valence-corrected chi connectivity index (χ3v) is 2.22. The van der Waals surface area contributed by atoms with Crippen molar-refractivity contribution >= 4 is 5.97 Å². The van der Waals surface area contributed by atoms with Crippen LogP contribution in [-0.4, -0.2) is 13.1 Å². The van der Waals surface area contributed by atoms with Gasteiger partial charge in [0.1, 0.15) is 6.04 Å². The van der Waals surface area contributed by atoms with Gasteiger partial charge in [-0.15, -0.1) is 0 Å². The number of carbonyl (C=O) groups excluding carboxylic acids is 1. The SMILES string of the molecule is COC(=O)[C@H](N)c1cc(C)ccc1C. The van der Waals surface area contributed by atoms with Gasteiger partial charge in [-0.2, -0.15) is 0 Å². The summed E-state index contributed by atoms with van der Waals surface area (Å²) < 4.78 is 4.60. The number of ether oxygens (including phenoxy) is 1. The van der Waals surface area contributed by atoms with E-state index in [1.54, 1.807) is 0 Å². The smallest absolute Gasteiger partial charge is 0.327 e. The van der Waals surface area contributed by atoms with Gasteiger partial charge < -0.3 is 10.5 Å². The Kier molecular flexibility index (Phi) is 3.25. The van der Waals surface area contributed by atoms with E-state index in [0.717, 1.165) is 16.7 Å². The maximum atomic E-state index is 11.2. The van der Waals surface area contributed by atoms with Crippen LogP contribution in [0.15, 0.2) is 18.2 Å². The predicted molar refractivity (Wildman–Crippen MR) is 54.9 cm³/mol. The van der Waals surface area contributed by atoms with Crippen LogP contribution in [0.4, 0.5) is 0 Å². The fourth-order valence-corrected chi connectivity index (χ4v) is 1.35. The van der Waals surface area contributed by atoms with Crippen LogP contribution in [0.25, 0.3) is 0 Å². The van der Waals surface area contributed by atoms with Crippen molar-refractivity contribution in [2.24, 2.45) is 5.73 Å². The number of methoxy groups -OCH3 is 1. The van der Waals surface area contributed by atoms with E-state index in [-0.39, 0.29) is 0 Å². The second-order valence-corrected chi connectivity index (χ2v) is 3.36. The second-order valence-electron chi connectivity index (χ2n) is 3.36. The van der Waals surface area contributed by atoms with Crippen molar-refractivity contribution in [3.8, 4) is 0 Å². The van der Waals surface area contributed by atoms with Gasteiger partial charge in [0.2, 0.25) is 0 Å². The molecule has 1 atom stereocenters. The van der Waals surface area contributed by atoms with Crippen LogP contribution in [0.1, 0.15) is 22.7 Å². The number of aryl methyl sites for hydroxylation is 2. The Morgan fingerprint density at radius 2 is 2.07 bits per heavy atom. The molecule has 0 aliphatic rings. The van der Waals surface area contributed by atoms with Crippen molar-refractivity contribution in [3.63, 3.8) is 0 Å². The first-order valence-corrected chi connectivity index (χ1v) is 4.47. The van der Waals surface area contributed by atoms with E-state index < -0.39 is 12.0 Å². The number of hydrogen-bond acceptors (Lipinski definition) is 3. The highest BCUT2D eigenvalue weighted by Crippen LogP contribution is 2.18. The van der Waals surface area contributed by atoms with E-state index in [1.165, 1.54) is 7.11 Å². The summed E-state index contributed by atoms with van der Waals surface area (Å²) in [5.74, 6) is -0.404. The average molecular weight is 193 g/mol. The molecule has 2 N–H and O–H groups in total. The van der Waals surface area contributed by atoms with Gasteiger partial charge in [-0.05, 0) is 25.0 Å². The molecule has 1 aromatic carbocycles.